The highest BCUT2D eigenvalue weighted by molar-refractivity contribution is 7.18. The van der Waals surface area contributed by atoms with Gasteiger partial charge in [0.1, 0.15) is 5.01 Å². The summed E-state index contributed by atoms with van der Waals surface area (Å²) in [7, 11) is 0. The quantitative estimate of drug-likeness (QED) is 0.744. The molecule has 1 heterocycles. The Morgan fingerprint density at radius 2 is 2.38 bits per heavy atom. The van der Waals surface area contributed by atoms with Crippen LogP contribution in [0.1, 0.15) is 10.6 Å². The fraction of sp³-hybridized carbons (Fsp3) is 0.111. The number of fused-ring (bicyclic) bond motifs is 1. The van der Waals surface area contributed by atoms with Gasteiger partial charge in [0, 0.05) is 0 Å². The number of aliphatic hydroxyl groups excluding tert-OH is 1. The molecule has 0 spiro atoms. The SMILES string of the molecule is N#Cc1ccc2nc(CO)sc2c1. The van der Waals surface area contributed by atoms with Crippen molar-refractivity contribution in [2.24, 2.45) is 0 Å². The summed E-state index contributed by atoms with van der Waals surface area (Å²) in [6, 6.07) is 7.37. The lowest BCUT2D eigenvalue weighted by atomic mass is 10.2. The molecule has 2 rings (SSSR count). The van der Waals surface area contributed by atoms with Gasteiger partial charge in [0.05, 0.1) is 28.5 Å². The van der Waals surface area contributed by atoms with Crippen LogP contribution in [-0.4, -0.2) is 10.1 Å². The van der Waals surface area contributed by atoms with Crippen LogP contribution in [0.5, 0.6) is 0 Å². The molecule has 4 heteroatoms. The van der Waals surface area contributed by atoms with Gasteiger partial charge in [-0.25, -0.2) is 4.98 Å². The van der Waals surface area contributed by atoms with Crippen LogP contribution in [0, 0.1) is 11.3 Å². The first kappa shape index (κ1) is 8.17. The van der Waals surface area contributed by atoms with Crippen molar-refractivity contribution in [2.75, 3.05) is 0 Å². The molecule has 64 valence electrons. The largest absolute Gasteiger partial charge is 0.389 e. The number of aliphatic hydroxyl groups is 1. The Morgan fingerprint density at radius 1 is 1.54 bits per heavy atom. The van der Waals surface area contributed by atoms with E-state index in [9.17, 15) is 0 Å². The number of nitriles is 1. The molecular formula is C9H6N2OS. The van der Waals surface area contributed by atoms with Crippen molar-refractivity contribution in [1.82, 2.24) is 4.98 Å². The van der Waals surface area contributed by atoms with E-state index in [2.05, 4.69) is 11.1 Å². The molecule has 0 saturated carbocycles. The normalized spacial score (nSPS) is 10.2. The maximum Gasteiger partial charge on any atom is 0.119 e. The molecule has 0 aliphatic rings. The van der Waals surface area contributed by atoms with Crippen LogP contribution in [0.4, 0.5) is 0 Å². The second kappa shape index (κ2) is 3.13. The van der Waals surface area contributed by atoms with Gasteiger partial charge in [-0.15, -0.1) is 11.3 Å². The summed E-state index contributed by atoms with van der Waals surface area (Å²) in [5, 5.41) is 18.2. The van der Waals surface area contributed by atoms with E-state index in [0.717, 1.165) is 10.2 Å². The molecule has 3 nitrogen and oxygen atoms in total. The molecule has 0 unspecified atom stereocenters. The maximum atomic E-state index is 8.85. The highest BCUT2D eigenvalue weighted by Gasteiger charge is 2.02. The summed E-state index contributed by atoms with van der Waals surface area (Å²) in [6.45, 7) is -0.0404. The minimum atomic E-state index is -0.0404. The monoisotopic (exact) mass is 190 g/mol. The summed E-state index contributed by atoms with van der Waals surface area (Å²) in [6.07, 6.45) is 0. The third-order valence-electron chi connectivity index (χ3n) is 1.70. The zero-order valence-corrected chi connectivity index (χ0v) is 7.51. The van der Waals surface area contributed by atoms with Gasteiger partial charge in [-0.3, -0.25) is 0 Å². The highest BCUT2D eigenvalue weighted by Crippen LogP contribution is 2.22. The average molecular weight is 190 g/mol. The first-order valence-corrected chi connectivity index (χ1v) is 4.55. The van der Waals surface area contributed by atoms with Crippen LogP contribution in [0.25, 0.3) is 10.2 Å². The predicted molar refractivity (Wildman–Crippen MR) is 50.3 cm³/mol. The summed E-state index contributed by atoms with van der Waals surface area (Å²) in [5.41, 5.74) is 1.47. The van der Waals surface area contributed by atoms with Crippen molar-refractivity contribution in [1.29, 1.82) is 5.26 Å². The number of thiazole rings is 1. The van der Waals surface area contributed by atoms with Crippen LogP contribution in [0.15, 0.2) is 18.2 Å². The van der Waals surface area contributed by atoms with E-state index in [1.54, 1.807) is 18.2 Å². The van der Waals surface area contributed by atoms with Crippen molar-refractivity contribution in [3.8, 4) is 6.07 Å². The van der Waals surface area contributed by atoms with Crippen molar-refractivity contribution < 1.29 is 5.11 Å². The lowest BCUT2D eigenvalue weighted by molar-refractivity contribution is 0.281. The minimum Gasteiger partial charge on any atom is -0.389 e. The molecule has 0 saturated heterocycles. The Balaban J connectivity index is 2.65. The van der Waals surface area contributed by atoms with Gasteiger partial charge in [0.25, 0.3) is 0 Å². The molecule has 0 amide bonds. The molecule has 0 bridgehead atoms. The van der Waals surface area contributed by atoms with Gasteiger partial charge >= 0.3 is 0 Å². The number of rotatable bonds is 1. The minimum absolute atomic E-state index is 0.0404. The molecule has 13 heavy (non-hydrogen) atoms. The number of hydrogen-bond donors (Lipinski definition) is 1. The van der Waals surface area contributed by atoms with Crippen molar-refractivity contribution in [3.05, 3.63) is 28.8 Å². The van der Waals surface area contributed by atoms with Crippen LogP contribution < -0.4 is 0 Å². The first-order valence-electron chi connectivity index (χ1n) is 3.74. The van der Waals surface area contributed by atoms with Crippen molar-refractivity contribution in [2.45, 2.75) is 6.61 Å². The van der Waals surface area contributed by atoms with E-state index in [0.29, 0.717) is 10.6 Å². The lowest BCUT2D eigenvalue weighted by Crippen LogP contribution is -1.77. The second-order valence-electron chi connectivity index (χ2n) is 2.56. The molecule has 1 aromatic heterocycles. The van der Waals surface area contributed by atoms with Gasteiger partial charge in [0.15, 0.2) is 0 Å². The van der Waals surface area contributed by atoms with Gasteiger partial charge in [0.2, 0.25) is 0 Å². The zero-order chi connectivity index (χ0) is 9.26. The number of benzene rings is 1. The standard InChI is InChI=1S/C9H6N2OS/c10-4-6-1-2-7-8(3-6)13-9(5-12)11-7/h1-3,12H,5H2. The third kappa shape index (κ3) is 1.39. The average Bonchev–Trinajstić information content (AvgIpc) is 2.58. The number of hydrogen-bond acceptors (Lipinski definition) is 4. The second-order valence-corrected chi connectivity index (χ2v) is 3.68. The molecule has 0 aliphatic heterocycles. The maximum absolute atomic E-state index is 8.85. The van der Waals surface area contributed by atoms with Crippen LogP contribution >= 0.6 is 11.3 Å². The van der Waals surface area contributed by atoms with E-state index in [4.69, 9.17) is 10.4 Å². The molecule has 1 aromatic carbocycles. The summed E-state index contributed by atoms with van der Waals surface area (Å²) >= 11 is 1.41. The predicted octanol–water partition coefficient (Wildman–Crippen LogP) is 1.66. The molecule has 2 aromatic rings. The highest BCUT2D eigenvalue weighted by atomic mass is 32.1. The third-order valence-corrected chi connectivity index (χ3v) is 2.70. The summed E-state index contributed by atoms with van der Waals surface area (Å²) in [5.74, 6) is 0. The van der Waals surface area contributed by atoms with E-state index < -0.39 is 0 Å². The molecule has 0 atom stereocenters. The van der Waals surface area contributed by atoms with E-state index in [1.165, 1.54) is 11.3 Å². The van der Waals surface area contributed by atoms with Gasteiger partial charge in [-0.1, -0.05) is 0 Å². The van der Waals surface area contributed by atoms with Crippen molar-refractivity contribution >= 4 is 21.6 Å². The fourth-order valence-electron chi connectivity index (χ4n) is 1.11. The Hall–Kier alpha value is -1.44. The Bertz CT molecular complexity index is 484. The molecule has 1 N–H and O–H groups in total. The fourth-order valence-corrected chi connectivity index (χ4v) is 1.98. The van der Waals surface area contributed by atoms with Gasteiger partial charge in [-0.2, -0.15) is 5.26 Å². The first-order chi connectivity index (χ1) is 6.33. The molecule has 0 aliphatic carbocycles. The van der Waals surface area contributed by atoms with Gasteiger partial charge in [-0.05, 0) is 18.2 Å². The van der Waals surface area contributed by atoms with Crippen LogP contribution in [0.3, 0.4) is 0 Å². The zero-order valence-electron chi connectivity index (χ0n) is 6.69. The number of aromatic nitrogens is 1. The molecular weight excluding hydrogens is 184 g/mol. The van der Waals surface area contributed by atoms with Crippen LogP contribution in [-0.2, 0) is 6.61 Å². The summed E-state index contributed by atoms with van der Waals surface area (Å²) < 4.78 is 0.947. The van der Waals surface area contributed by atoms with E-state index in [1.807, 2.05) is 0 Å². The number of nitrogens with zero attached hydrogens (tertiary/aromatic N) is 2. The van der Waals surface area contributed by atoms with Gasteiger partial charge < -0.3 is 5.11 Å². The van der Waals surface area contributed by atoms with E-state index in [-0.39, 0.29) is 6.61 Å². The Morgan fingerprint density at radius 3 is 3.08 bits per heavy atom. The lowest BCUT2D eigenvalue weighted by Gasteiger charge is -1.86. The Labute approximate surface area is 78.9 Å². The molecule has 0 radical (unpaired) electrons. The van der Waals surface area contributed by atoms with Crippen molar-refractivity contribution in [3.63, 3.8) is 0 Å². The molecule has 0 fully saturated rings. The summed E-state index contributed by atoms with van der Waals surface area (Å²) in [4.78, 5) is 4.17. The smallest absolute Gasteiger partial charge is 0.119 e. The Kier molecular flexibility index (Phi) is 1.97. The topological polar surface area (TPSA) is 56.9 Å². The van der Waals surface area contributed by atoms with E-state index >= 15 is 0 Å². The van der Waals surface area contributed by atoms with Crippen LogP contribution in [0.2, 0.25) is 0 Å².